The number of sulfonamides is 1. The molecule has 0 saturated heterocycles. The Labute approximate surface area is 123 Å². The van der Waals surface area contributed by atoms with Crippen LogP contribution in [0.25, 0.3) is 0 Å². The largest absolute Gasteiger partial charge is 0.392 e. The molecule has 0 aliphatic carbocycles. The van der Waals surface area contributed by atoms with E-state index in [0.29, 0.717) is 22.6 Å². The number of aromatic nitrogens is 2. The molecule has 6 nitrogen and oxygen atoms in total. The summed E-state index contributed by atoms with van der Waals surface area (Å²) in [5.41, 5.74) is 1.74. The Balaban J connectivity index is 2.23. The number of hydrogen-bond donors (Lipinski definition) is 2. The maximum Gasteiger partial charge on any atom is 0.241 e. The number of rotatable bonds is 5. The summed E-state index contributed by atoms with van der Waals surface area (Å²) in [7, 11) is -3.66. The second-order valence-corrected chi connectivity index (χ2v) is 6.35. The molecule has 0 amide bonds. The van der Waals surface area contributed by atoms with Crippen molar-refractivity contribution in [3.05, 3.63) is 53.1 Å². The van der Waals surface area contributed by atoms with Gasteiger partial charge in [-0.05, 0) is 37.1 Å². The molecule has 2 N–H and O–H groups in total. The molecule has 0 aliphatic heterocycles. The summed E-state index contributed by atoms with van der Waals surface area (Å²) in [6.07, 6.45) is 1.59. The Hall–Kier alpha value is -1.83. The Morgan fingerprint density at radius 3 is 2.67 bits per heavy atom. The second-order valence-electron chi connectivity index (χ2n) is 4.62. The monoisotopic (exact) mass is 307 g/mol. The van der Waals surface area contributed by atoms with Crippen molar-refractivity contribution in [1.29, 1.82) is 0 Å². The molecule has 21 heavy (non-hydrogen) atoms. The first-order valence-corrected chi connectivity index (χ1v) is 7.90. The molecule has 0 spiro atoms. The molecular formula is C14H17N3O3S. The van der Waals surface area contributed by atoms with Gasteiger partial charge in [0.25, 0.3) is 0 Å². The van der Waals surface area contributed by atoms with E-state index in [9.17, 15) is 13.5 Å². The average molecular weight is 307 g/mol. The van der Waals surface area contributed by atoms with E-state index in [-0.39, 0.29) is 18.0 Å². The van der Waals surface area contributed by atoms with E-state index in [1.165, 1.54) is 6.07 Å². The minimum absolute atomic E-state index is 0.0918. The van der Waals surface area contributed by atoms with Crippen molar-refractivity contribution in [2.45, 2.75) is 31.9 Å². The number of nitrogens with one attached hydrogen (secondary N) is 1. The van der Waals surface area contributed by atoms with E-state index in [0.717, 1.165) is 0 Å². The smallest absolute Gasteiger partial charge is 0.241 e. The van der Waals surface area contributed by atoms with Gasteiger partial charge in [0, 0.05) is 6.20 Å². The first-order chi connectivity index (χ1) is 9.94. The van der Waals surface area contributed by atoms with Crippen LogP contribution in [0.5, 0.6) is 0 Å². The van der Waals surface area contributed by atoms with Crippen LogP contribution in [0.3, 0.4) is 0 Å². The molecule has 1 aromatic carbocycles. The molecule has 0 unspecified atom stereocenters. The molecule has 2 aromatic rings. The normalized spacial score (nSPS) is 11.6. The van der Waals surface area contributed by atoms with Gasteiger partial charge < -0.3 is 5.11 Å². The number of aryl methyl sites for hydroxylation is 1. The predicted octanol–water partition coefficient (Wildman–Crippen LogP) is 1.06. The molecule has 1 aromatic heterocycles. The highest BCUT2D eigenvalue weighted by Gasteiger charge is 2.18. The highest BCUT2D eigenvalue weighted by atomic mass is 32.2. The third-order valence-corrected chi connectivity index (χ3v) is 4.68. The summed E-state index contributed by atoms with van der Waals surface area (Å²) in [5, 5.41) is 9.21. The summed E-state index contributed by atoms with van der Waals surface area (Å²) >= 11 is 0. The second kappa shape index (κ2) is 6.30. The zero-order valence-electron chi connectivity index (χ0n) is 11.9. The van der Waals surface area contributed by atoms with Crippen LogP contribution >= 0.6 is 0 Å². The van der Waals surface area contributed by atoms with Gasteiger partial charge in [-0.1, -0.05) is 12.1 Å². The topological polar surface area (TPSA) is 92.2 Å². The van der Waals surface area contributed by atoms with Gasteiger partial charge in [-0.15, -0.1) is 0 Å². The molecule has 0 fully saturated rings. The maximum absolute atomic E-state index is 12.3. The molecule has 1 heterocycles. The third-order valence-electron chi connectivity index (χ3n) is 3.13. The van der Waals surface area contributed by atoms with E-state index < -0.39 is 10.0 Å². The lowest BCUT2D eigenvalue weighted by atomic mass is 10.1. The summed E-state index contributed by atoms with van der Waals surface area (Å²) < 4.78 is 27.2. The van der Waals surface area contributed by atoms with Gasteiger partial charge in [0.05, 0.1) is 23.7 Å². The molecule has 112 valence electrons. The first kappa shape index (κ1) is 15.6. The number of aliphatic hydroxyl groups is 1. The fourth-order valence-electron chi connectivity index (χ4n) is 1.97. The van der Waals surface area contributed by atoms with E-state index in [1.807, 2.05) is 0 Å². The van der Waals surface area contributed by atoms with Crippen molar-refractivity contribution < 1.29 is 13.5 Å². The summed E-state index contributed by atoms with van der Waals surface area (Å²) in [5.74, 6) is 0.588. The number of benzene rings is 1. The zero-order chi connectivity index (χ0) is 15.5. The summed E-state index contributed by atoms with van der Waals surface area (Å²) in [6.45, 7) is 3.32. The van der Waals surface area contributed by atoms with E-state index in [1.54, 1.807) is 38.2 Å². The number of hydrogen-bond acceptors (Lipinski definition) is 5. The van der Waals surface area contributed by atoms with Crippen LogP contribution in [0, 0.1) is 13.8 Å². The molecule has 0 saturated carbocycles. The van der Waals surface area contributed by atoms with E-state index in [2.05, 4.69) is 14.7 Å². The highest BCUT2D eigenvalue weighted by molar-refractivity contribution is 7.89. The molecule has 2 rings (SSSR count). The quantitative estimate of drug-likeness (QED) is 0.862. The van der Waals surface area contributed by atoms with Crippen LogP contribution in [0.15, 0.2) is 35.4 Å². The molecule has 7 heteroatoms. The lowest BCUT2D eigenvalue weighted by Gasteiger charge is -2.11. The predicted molar refractivity (Wildman–Crippen MR) is 77.9 cm³/mol. The van der Waals surface area contributed by atoms with Crippen LogP contribution in [-0.2, 0) is 23.2 Å². The van der Waals surface area contributed by atoms with Crippen molar-refractivity contribution in [2.24, 2.45) is 0 Å². The fourth-order valence-corrected chi connectivity index (χ4v) is 3.26. The lowest BCUT2D eigenvalue weighted by Crippen LogP contribution is -2.25. The summed E-state index contributed by atoms with van der Waals surface area (Å²) in [4.78, 5) is 8.28. The molecule has 0 atom stereocenters. The van der Waals surface area contributed by atoms with Gasteiger partial charge in [-0.3, -0.25) is 0 Å². The zero-order valence-corrected chi connectivity index (χ0v) is 12.7. The molecule has 0 aliphatic rings. The SMILES string of the molecule is Cc1nccc(CNS(=O)(=O)c2cccc(CO)c2C)n1. The number of aliphatic hydroxyl groups excluding tert-OH is 1. The Bertz CT molecular complexity index is 745. The maximum atomic E-state index is 12.3. The fraction of sp³-hybridized carbons (Fsp3) is 0.286. The van der Waals surface area contributed by atoms with Gasteiger partial charge >= 0.3 is 0 Å². The first-order valence-electron chi connectivity index (χ1n) is 6.41. The van der Waals surface area contributed by atoms with E-state index in [4.69, 9.17) is 0 Å². The van der Waals surface area contributed by atoms with Crippen molar-refractivity contribution in [3.63, 3.8) is 0 Å². The minimum atomic E-state index is -3.66. The van der Waals surface area contributed by atoms with Gasteiger partial charge in [-0.2, -0.15) is 0 Å². The standard InChI is InChI=1S/C14H17N3O3S/c1-10-12(9-18)4-3-5-14(10)21(19,20)16-8-13-6-7-15-11(2)17-13/h3-7,16,18H,8-9H2,1-2H3. The van der Waals surface area contributed by atoms with Crippen LogP contribution in [-0.4, -0.2) is 23.5 Å². The van der Waals surface area contributed by atoms with E-state index >= 15 is 0 Å². The Kier molecular flexibility index (Phi) is 4.66. The van der Waals surface area contributed by atoms with Gasteiger partial charge in [0.2, 0.25) is 10.0 Å². The third kappa shape index (κ3) is 3.63. The minimum Gasteiger partial charge on any atom is -0.392 e. The summed E-state index contributed by atoms with van der Waals surface area (Å²) in [6, 6.07) is 6.48. The Morgan fingerprint density at radius 1 is 1.24 bits per heavy atom. The highest BCUT2D eigenvalue weighted by Crippen LogP contribution is 2.19. The lowest BCUT2D eigenvalue weighted by molar-refractivity contribution is 0.280. The van der Waals surface area contributed by atoms with Gasteiger partial charge in [0.1, 0.15) is 5.82 Å². The van der Waals surface area contributed by atoms with Crippen LogP contribution in [0.1, 0.15) is 22.6 Å². The van der Waals surface area contributed by atoms with Crippen LogP contribution < -0.4 is 4.72 Å². The van der Waals surface area contributed by atoms with Gasteiger partial charge in [0.15, 0.2) is 0 Å². The number of nitrogens with zero attached hydrogens (tertiary/aromatic N) is 2. The van der Waals surface area contributed by atoms with Crippen molar-refractivity contribution in [1.82, 2.24) is 14.7 Å². The van der Waals surface area contributed by atoms with Crippen LogP contribution in [0.2, 0.25) is 0 Å². The van der Waals surface area contributed by atoms with Crippen molar-refractivity contribution in [3.8, 4) is 0 Å². The Morgan fingerprint density at radius 2 is 2.00 bits per heavy atom. The van der Waals surface area contributed by atoms with Crippen molar-refractivity contribution in [2.75, 3.05) is 0 Å². The van der Waals surface area contributed by atoms with Crippen molar-refractivity contribution >= 4 is 10.0 Å². The molecular weight excluding hydrogens is 290 g/mol. The van der Waals surface area contributed by atoms with Crippen LogP contribution in [0.4, 0.5) is 0 Å². The average Bonchev–Trinajstić information content (AvgIpc) is 2.45. The molecule has 0 bridgehead atoms. The molecule has 0 radical (unpaired) electrons. The van der Waals surface area contributed by atoms with Gasteiger partial charge in [-0.25, -0.2) is 23.1 Å².